The molecule has 0 amide bonds. The van der Waals surface area contributed by atoms with Crippen LogP contribution in [0, 0.1) is 0 Å². The maximum Gasteiger partial charge on any atom is 0.332 e. The van der Waals surface area contributed by atoms with Crippen LogP contribution in [0.4, 0.5) is 0 Å². The van der Waals surface area contributed by atoms with E-state index in [4.69, 9.17) is 19.3 Å². The summed E-state index contributed by atoms with van der Waals surface area (Å²) in [4.78, 5) is 21.2. The molecule has 7 heteroatoms. The Morgan fingerprint density at radius 3 is 2.48 bits per heavy atom. The zero-order valence-corrected chi connectivity index (χ0v) is 13.6. The minimum atomic E-state index is -0.463. The molecule has 0 aromatic carbocycles. The first kappa shape index (κ1) is 21.3. The molecular weight excluding hydrogens is 304 g/mol. The van der Waals surface area contributed by atoms with Crippen LogP contribution in [0.15, 0.2) is 25.3 Å². The van der Waals surface area contributed by atoms with E-state index in [1.54, 1.807) is 0 Å². The predicted molar refractivity (Wildman–Crippen MR) is 83.5 cm³/mol. The Morgan fingerprint density at radius 1 is 1.35 bits per heavy atom. The number of esters is 2. The van der Waals surface area contributed by atoms with Crippen LogP contribution in [0.25, 0.3) is 0 Å². The number of aliphatic hydroxyl groups excluding tert-OH is 1. The number of aliphatic hydroxyl groups is 1. The summed E-state index contributed by atoms with van der Waals surface area (Å²) < 4.78 is 19.8. The predicted octanol–water partition coefficient (Wildman–Crippen LogP) is 1.36. The minimum Gasteiger partial charge on any atom is -0.462 e. The maximum absolute atomic E-state index is 10.9. The third-order valence-corrected chi connectivity index (χ3v) is 2.52. The lowest BCUT2D eigenvalue weighted by Gasteiger charge is -2.16. The molecule has 1 N–H and O–H groups in total. The molecule has 7 nitrogen and oxygen atoms in total. The highest BCUT2D eigenvalue weighted by Crippen LogP contribution is 2.12. The van der Waals surface area contributed by atoms with E-state index < -0.39 is 18.2 Å². The Bertz CT molecular complexity index is 363. The zero-order chi connectivity index (χ0) is 17.5. The molecule has 2 unspecified atom stereocenters. The summed E-state index contributed by atoms with van der Waals surface area (Å²) in [6.45, 7) is 10.1. The summed E-state index contributed by atoms with van der Waals surface area (Å²) >= 11 is 0. The average Bonchev–Trinajstić information content (AvgIpc) is 3.37. The number of carbonyl (C=O) groups excluding carboxylic acids is 2. The molecule has 2 atom stereocenters. The van der Waals surface area contributed by atoms with Crippen LogP contribution < -0.4 is 0 Å². The zero-order valence-electron chi connectivity index (χ0n) is 13.6. The number of ether oxygens (including phenoxy) is 4. The Labute approximate surface area is 136 Å². The number of carbonyl (C=O) groups is 2. The molecule has 1 rings (SSSR count). The Balaban J connectivity index is 0.000000468. The van der Waals surface area contributed by atoms with Crippen LogP contribution in [-0.4, -0.2) is 55.9 Å². The minimum absolute atomic E-state index is 0.0461. The van der Waals surface area contributed by atoms with Crippen LogP contribution in [0.5, 0.6) is 0 Å². The Kier molecular flexibility index (Phi) is 12.9. The van der Waals surface area contributed by atoms with E-state index in [9.17, 15) is 9.59 Å². The lowest BCUT2D eigenvalue weighted by Crippen LogP contribution is -2.22. The van der Waals surface area contributed by atoms with Gasteiger partial charge in [-0.05, 0) is 0 Å². The molecule has 1 aliphatic rings. The third-order valence-electron chi connectivity index (χ3n) is 2.52. The number of rotatable bonds is 11. The SMILES string of the molecule is C=CC(=O)OC(CCC)OCC1CO1.C=CC(=O)OCCCO. The van der Waals surface area contributed by atoms with Gasteiger partial charge < -0.3 is 24.1 Å². The second-order valence-corrected chi connectivity index (χ2v) is 4.60. The highest BCUT2D eigenvalue weighted by molar-refractivity contribution is 5.81. The Hall–Kier alpha value is -1.70. The van der Waals surface area contributed by atoms with Gasteiger partial charge in [-0.3, -0.25) is 0 Å². The number of hydrogen-bond donors (Lipinski definition) is 1. The van der Waals surface area contributed by atoms with Gasteiger partial charge >= 0.3 is 11.9 Å². The fourth-order valence-corrected chi connectivity index (χ4v) is 1.26. The van der Waals surface area contributed by atoms with Crippen LogP contribution in [0.2, 0.25) is 0 Å². The molecule has 0 bridgehead atoms. The van der Waals surface area contributed by atoms with E-state index in [0.29, 0.717) is 19.4 Å². The molecule has 132 valence electrons. The molecule has 1 saturated heterocycles. The van der Waals surface area contributed by atoms with Gasteiger partial charge in [0.25, 0.3) is 0 Å². The van der Waals surface area contributed by atoms with Gasteiger partial charge in [-0.15, -0.1) is 0 Å². The molecule has 1 aliphatic heterocycles. The van der Waals surface area contributed by atoms with Gasteiger partial charge in [0.1, 0.15) is 6.10 Å². The van der Waals surface area contributed by atoms with Crippen molar-refractivity contribution in [2.75, 3.05) is 26.4 Å². The summed E-state index contributed by atoms with van der Waals surface area (Å²) in [5, 5.41) is 8.23. The van der Waals surface area contributed by atoms with Crippen molar-refractivity contribution >= 4 is 11.9 Å². The maximum atomic E-state index is 10.9. The molecular formula is C16H26O7. The van der Waals surface area contributed by atoms with Gasteiger partial charge in [0.15, 0.2) is 0 Å². The summed E-state index contributed by atoms with van der Waals surface area (Å²) in [5.74, 6) is -0.886. The molecule has 0 aromatic rings. The van der Waals surface area contributed by atoms with E-state index in [-0.39, 0.29) is 19.3 Å². The Morgan fingerprint density at radius 2 is 2.00 bits per heavy atom. The van der Waals surface area contributed by atoms with Crippen molar-refractivity contribution in [1.29, 1.82) is 0 Å². The standard InChI is InChI=1S/C10H16O4.C6H10O3/c1-3-5-10(14-9(11)4-2)13-7-8-6-12-8;1-2-6(8)9-5-3-4-7/h4,8,10H,2-3,5-7H2,1H3;2,7H,1,3-5H2. The fraction of sp³-hybridized carbons (Fsp3) is 0.625. The molecule has 0 aliphatic carbocycles. The van der Waals surface area contributed by atoms with Crippen molar-refractivity contribution in [3.05, 3.63) is 25.3 Å². The first-order valence-corrected chi connectivity index (χ1v) is 7.53. The lowest BCUT2D eigenvalue weighted by atomic mass is 10.3. The van der Waals surface area contributed by atoms with E-state index >= 15 is 0 Å². The fourth-order valence-electron chi connectivity index (χ4n) is 1.26. The number of hydrogen-bond acceptors (Lipinski definition) is 7. The molecule has 1 heterocycles. The molecule has 23 heavy (non-hydrogen) atoms. The van der Waals surface area contributed by atoms with Crippen molar-refractivity contribution in [2.45, 2.75) is 38.6 Å². The molecule has 0 spiro atoms. The highest BCUT2D eigenvalue weighted by atomic mass is 16.7. The van der Waals surface area contributed by atoms with E-state index in [0.717, 1.165) is 25.2 Å². The van der Waals surface area contributed by atoms with Gasteiger partial charge in [0.05, 0.1) is 19.8 Å². The highest BCUT2D eigenvalue weighted by Gasteiger charge is 2.24. The van der Waals surface area contributed by atoms with Crippen molar-refractivity contribution in [3.8, 4) is 0 Å². The summed E-state index contributed by atoms with van der Waals surface area (Å²) in [5.41, 5.74) is 0. The second-order valence-electron chi connectivity index (χ2n) is 4.60. The normalized spacial score (nSPS) is 16.3. The monoisotopic (exact) mass is 330 g/mol. The topological polar surface area (TPSA) is 94.6 Å². The largest absolute Gasteiger partial charge is 0.462 e. The first-order valence-electron chi connectivity index (χ1n) is 7.53. The van der Waals surface area contributed by atoms with Gasteiger partial charge in [-0.1, -0.05) is 26.5 Å². The smallest absolute Gasteiger partial charge is 0.332 e. The van der Waals surface area contributed by atoms with Crippen molar-refractivity contribution in [2.24, 2.45) is 0 Å². The van der Waals surface area contributed by atoms with E-state index in [2.05, 4.69) is 17.9 Å². The van der Waals surface area contributed by atoms with Gasteiger partial charge in [0, 0.05) is 31.6 Å². The molecule has 1 fully saturated rings. The lowest BCUT2D eigenvalue weighted by molar-refractivity contribution is -0.175. The van der Waals surface area contributed by atoms with Crippen LogP contribution in [0.1, 0.15) is 26.2 Å². The number of epoxide rings is 1. The summed E-state index contributed by atoms with van der Waals surface area (Å²) in [6, 6.07) is 0. The molecule has 0 aromatic heterocycles. The molecule has 0 radical (unpaired) electrons. The van der Waals surface area contributed by atoms with Crippen LogP contribution >= 0.6 is 0 Å². The third kappa shape index (κ3) is 13.7. The van der Waals surface area contributed by atoms with Gasteiger partial charge in [-0.2, -0.15) is 0 Å². The summed E-state index contributed by atoms with van der Waals surface area (Å²) in [6.07, 6.45) is 4.05. The van der Waals surface area contributed by atoms with E-state index in [1.807, 2.05) is 6.92 Å². The van der Waals surface area contributed by atoms with Crippen LogP contribution in [-0.2, 0) is 28.5 Å². The molecule has 0 saturated carbocycles. The van der Waals surface area contributed by atoms with Crippen molar-refractivity contribution in [1.82, 2.24) is 0 Å². The summed E-state index contributed by atoms with van der Waals surface area (Å²) in [7, 11) is 0. The quantitative estimate of drug-likeness (QED) is 0.201. The second kappa shape index (κ2) is 13.9. The first-order chi connectivity index (χ1) is 11.1. The van der Waals surface area contributed by atoms with Crippen molar-refractivity contribution < 1.29 is 33.6 Å². The van der Waals surface area contributed by atoms with Gasteiger partial charge in [-0.25, -0.2) is 9.59 Å². The van der Waals surface area contributed by atoms with Crippen molar-refractivity contribution in [3.63, 3.8) is 0 Å². The van der Waals surface area contributed by atoms with E-state index in [1.165, 1.54) is 0 Å². The average molecular weight is 330 g/mol. The van der Waals surface area contributed by atoms with Gasteiger partial charge in [0.2, 0.25) is 6.29 Å². The van der Waals surface area contributed by atoms with Crippen LogP contribution in [0.3, 0.4) is 0 Å².